The second kappa shape index (κ2) is 4.43. The average molecular weight is 255 g/mol. The van der Waals surface area contributed by atoms with E-state index in [0.29, 0.717) is 12.5 Å². The molecule has 0 bridgehead atoms. The molecule has 0 atom stereocenters. The largest absolute Gasteiger partial charge is 0.313 e. The van der Waals surface area contributed by atoms with Crippen molar-refractivity contribution in [3.8, 4) is 6.07 Å². The van der Waals surface area contributed by atoms with E-state index in [1.165, 1.54) is 0 Å². The molecule has 74 valence electrons. The van der Waals surface area contributed by atoms with Crippen molar-refractivity contribution in [2.24, 2.45) is 5.92 Å². The van der Waals surface area contributed by atoms with Crippen LogP contribution in [0.25, 0.3) is 0 Å². The molecule has 3 nitrogen and oxygen atoms in total. The summed E-state index contributed by atoms with van der Waals surface area (Å²) in [4.78, 5) is 11.6. The highest BCUT2D eigenvalue weighted by Crippen LogP contribution is 2.09. The fourth-order valence-electron chi connectivity index (χ4n) is 1.21. The van der Waals surface area contributed by atoms with Crippen LogP contribution in [-0.2, 0) is 6.54 Å². The number of pyridine rings is 1. The highest BCUT2D eigenvalue weighted by Gasteiger charge is 2.05. The summed E-state index contributed by atoms with van der Waals surface area (Å²) >= 11 is 3.27. The summed E-state index contributed by atoms with van der Waals surface area (Å²) in [6, 6.07) is 3.43. The monoisotopic (exact) mass is 254 g/mol. The van der Waals surface area contributed by atoms with Crippen molar-refractivity contribution in [3.63, 3.8) is 0 Å². The molecule has 14 heavy (non-hydrogen) atoms. The topological polar surface area (TPSA) is 45.8 Å². The zero-order valence-electron chi connectivity index (χ0n) is 8.12. The predicted octanol–water partition coefficient (Wildman–Crippen LogP) is 2.14. The van der Waals surface area contributed by atoms with Gasteiger partial charge < -0.3 is 4.57 Å². The van der Waals surface area contributed by atoms with Crippen molar-refractivity contribution in [3.05, 3.63) is 32.7 Å². The van der Waals surface area contributed by atoms with E-state index in [4.69, 9.17) is 5.26 Å². The number of hydrogen-bond donors (Lipinski definition) is 0. The molecule has 0 saturated carbocycles. The number of aromatic nitrogens is 1. The molecule has 0 aliphatic rings. The third-order valence-corrected chi connectivity index (χ3v) is 2.17. The lowest BCUT2D eigenvalue weighted by Crippen LogP contribution is -2.24. The van der Waals surface area contributed by atoms with Gasteiger partial charge in [0, 0.05) is 17.2 Å². The Morgan fingerprint density at radius 3 is 2.79 bits per heavy atom. The second-order valence-corrected chi connectivity index (χ2v) is 4.45. The van der Waals surface area contributed by atoms with Crippen molar-refractivity contribution >= 4 is 15.9 Å². The molecular weight excluding hydrogens is 244 g/mol. The lowest BCUT2D eigenvalue weighted by molar-refractivity contribution is 0.509. The van der Waals surface area contributed by atoms with Crippen molar-refractivity contribution in [1.82, 2.24) is 4.57 Å². The first-order valence-corrected chi connectivity index (χ1v) is 5.14. The predicted molar refractivity (Wildman–Crippen MR) is 58.0 cm³/mol. The Labute approximate surface area is 91.1 Å². The van der Waals surface area contributed by atoms with Gasteiger partial charge in [0.1, 0.15) is 11.6 Å². The highest BCUT2D eigenvalue weighted by molar-refractivity contribution is 9.10. The third-order valence-electron chi connectivity index (χ3n) is 1.73. The molecule has 0 spiro atoms. The summed E-state index contributed by atoms with van der Waals surface area (Å²) in [6.07, 6.45) is 1.71. The standard InChI is InChI=1S/C10H11BrN2O/c1-7(2)5-13-6-9(11)3-8(4-12)10(13)14/h3,6-7H,5H2,1-2H3. The number of rotatable bonds is 2. The summed E-state index contributed by atoms with van der Waals surface area (Å²) in [5.74, 6) is 0.383. The number of nitriles is 1. The first-order valence-electron chi connectivity index (χ1n) is 4.34. The fraction of sp³-hybridized carbons (Fsp3) is 0.400. The minimum atomic E-state index is -0.218. The molecule has 0 aliphatic heterocycles. The van der Waals surface area contributed by atoms with Gasteiger partial charge in [0.25, 0.3) is 5.56 Å². The molecule has 0 radical (unpaired) electrons. The van der Waals surface area contributed by atoms with E-state index in [1.807, 2.05) is 19.9 Å². The van der Waals surface area contributed by atoms with Gasteiger partial charge in [0.05, 0.1) is 0 Å². The van der Waals surface area contributed by atoms with Crippen LogP contribution in [0.5, 0.6) is 0 Å². The van der Waals surface area contributed by atoms with Gasteiger partial charge in [-0.15, -0.1) is 0 Å². The highest BCUT2D eigenvalue weighted by atomic mass is 79.9. The molecule has 0 amide bonds. The average Bonchev–Trinajstić information content (AvgIpc) is 2.09. The van der Waals surface area contributed by atoms with Crippen LogP contribution < -0.4 is 5.56 Å². The lowest BCUT2D eigenvalue weighted by atomic mass is 10.2. The Morgan fingerprint density at radius 2 is 2.29 bits per heavy atom. The van der Waals surface area contributed by atoms with Crippen LogP contribution in [-0.4, -0.2) is 4.57 Å². The van der Waals surface area contributed by atoms with Crippen LogP contribution in [0.3, 0.4) is 0 Å². The normalized spacial score (nSPS) is 10.2. The van der Waals surface area contributed by atoms with Crippen LogP contribution in [0.15, 0.2) is 21.5 Å². The van der Waals surface area contributed by atoms with E-state index < -0.39 is 0 Å². The van der Waals surface area contributed by atoms with Crippen molar-refractivity contribution in [2.45, 2.75) is 20.4 Å². The summed E-state index contributed by atoms with van der Waals surface area (Å²) in [5.41, 5.74) is -0.0376. The zero-order valence-corrected chi connectivity index (χ0v) is 9.71. The Balaban J connectivity index is 3.24. The van der Waals surface area contributed by atoms with Gasteiger partial charge in [-0.05, 0) is 27.9 Å². The second-order valence-electron chi connectivity index (χ2n) is 3.54. The van der Waals surface area contributed by atoms with Gasteiger partial charge in [-0.2, -0.15) is 5.26 Å². The molecule has 0 N–H and O–H groups in total. The number of halogens is 1. The fourth-order valence-corrected chi connectivity index (χ4v) is 1.68. The van der Waals surface area contributed by atoms with E-state index in [0.717, 1.165) is 4.47 Å². The Kier molecular flexibility index (Phi) is 3.48. The minimum absolute atomic E-state index is 0.181. The van der Waals surface area contributed by atoms with Gasteiger partial charge in [0.2, 0.25) is 0 Å². The quantitative estimate of drug-likeness (QED) is 0.812. The van der Waals surface area contributed by atoms with Crippen LogP contribution in [0.1, 0.15) is 19.4 Å². The van der Waals surface area contributed by atoms with Crippen molar-refractivity contribution in [1.29, 1.82) is 5.26 Å². The molecule has 0 aromatic carbocycles. The third kappa shape index (κ3) is 2.46. The molecule has 0 unspecified atom stereocenters. The molecule has 1 aromatic heterocycles. The maximum absolute atomic E-state index is 11.6. The lowest BCUT2D eigenvalue weighted by Gasteiger charge is -2.08. The summed E-state index contributed by atoms with van der Waals surface area (Å²) in [5, 5.41) is 8.72. The maximum atomic E-state index is 11.6. The number of nitrogens with zero attached hydrogens (tertiary/aromatic N) is 2. The van der Waals surface area contributed by atoms with Crippen molar-refractivity contribution in [2.75, 3.05) is 0 Å². The molecule has 1 rings (SSSR count). The molecule has 4 heteroatoms. The molecule has 0 fully saturated rings. The van der Waals surface area contributed by atoms with Gasteiger partial charge in [0.15, 0.2) is 0 Å². The smallest absolute Gasteiger partial charge is 0.268 e. The molecule has 0 saturated heterocycles. The van der Waals surface area contributed by atoms with E-state index in [1.54, 1.807) is 16.8 Å². The van der Waals surface area contributed by atoms with Gasteiger partial charge >= 0.3 is 0 Å². The van der Waals surface area contributed by atoms with Crippen LogP contribution >= 0.6 is 15.9 Å². The van der Waals surface area contributed by atoms with E-state index >= 15 is 0 Å². The Hall–Kier alpha value is -1.08. The number of hydrogen-bond acceptors (Lipinski definition) is 2. The SMILES string of the molecule is CC(C)Cn1cc(Br)cc(C#N)c1=O. The Bertz CT molecular complexity index is 429. The summed E-state index contributed by atoms with van der Waals surface area (Å²) < 4.78 is 2.32. The molecular formula is C10H11BrN2O. The van der Waals surface area contributed by atoms with E-state index in [-0.39, 0.29) is 11.1 Å². The Morgan fingerprint density at radius 1 is 1.64 bits per heavy atom. The molecule has 1 aromatic rings. The van der Waals surface area contributed by atoms with Gasteiger partial charge in [-0.25, -0.2) is 0 Å². The first kappa shape index (κ1) is 11.0. The van der Waals surface area contributed by atoms with Crippen LogP contribution in [0.2, 0.25) is 0 Å². The van der Waals surface area contributed by atoms with Gasteiger partial charge in [-0.3, -0.25) is 4.79 Å². The van der Waals surface area contributed by atoms with E-state index in [2.05, 4.69) is 15.9 Å². The van der Waals surface area contributed by atoms with Crippen molar-refractivity contribution < 1.29 is 0 Å². The van der Waals surface area contributed by atoms with Gasteiger partial charge in [-0.1, -0.05) is 13.8 Å². The molecule has 1 heterocycles. The maximum Gasteiger partial charge on any atom is 0.268 e. The minimum Gasteiger partial charge on any atom is -0.313 e. The van der Waals surface area contributed by atoms with Crippen LogP contribution in [0.4, 0.5) is 0 Å². The van der Waals surface area contributed by atoms with Crippen LogP contribution in [0, 0.1) is 17.2 Å². The first-order chi connectivity index (χ1) is 6.54. The van der Waals surface area contributed by atoms with E-state index in [9.17, 15) is 4.79 Å². The summed E-state index contributed by atoms with van der Waals surface area (Å²) in [7, 11) is 0. The zero-order chi connectivity index (χ0) is 10.7. The molecule has 0 aliphatic carbocycles. The summed E-state index contributed by atoms with van der Waals surface area (Å²) in [6.45, 7) is 4.69.